The van der Waals surface area contributed by atoms with Crippen LogP contribution >= 0.6 is 0 Å². The molecule has 4 heteroatoms. The van der Waals surface area contributed by atoms with E-state index in [0.29, 0.717) is 6.61 Å². The zero-order valence-corrected chi connectivity index (χ0v) is 13.4. The molecule has 2 rings (SSSR count). The number of benzene rings is 2. The zero-order valence-electron chi connectivity index (χ0n) is 13.4. The topological polar surface area (TPSA) is 47.6 Å². The molecule has 2 aromatic rings. The summed E-state index contributed by atoms with van der Waals surface area (Å²) < 4.78 is 10.2. The van der Waals surface area contributed by atoms with E-state index in [1.165, 1.54) is 6.08 Å². The number of nitrogens with one attached hydrogen (secondary N) is 1. The first-order valence-electron chi connectivity index (χ1n) is 7.53. The lowest BCUT2D eigenvalue weighted by Gasteiger charge is -2.17. The fourth-order valence-corrected chi connectivity index (χ4v) is 2.16. The average Bonchev–Trinajstić information content (AvgIpc) is 2.60. The molecule has 0 aromatic heterocycles. The van der Waals surface area contributed by atoms with Crippen LogP contribution in [0.25, 0.3) is 0 Å². The predicted molar refractivity (Wildman–Crippen MR) is 91.6 cm³/mol. The molecule has 0 spiro atoms. The third-order valence-corrected chi connectivity index (χ3v) is 3.26. The second-order valence-electron chi connectivity index (χ2n) is 4.88. The summed E-state index contributed by atoms with van der Waals surface area (Å²) in [6.07, 6.45) is 3.24. The minimum absolute atomic E-state index is 0.170. The van der Waals surface area contributed by atoms with Gasteiger partial charge in [-0.2, -0.15) is 0 Å². The molecule has 4 nitrogen and oxygen atoms in total. The minimum atomic E-state index is -0.352. The van der Waals surface area contributed by atoms with Crippen LogP contribution in [0.15, 0.2) is 66.7 Å². The second kappa shape index (κ2) is 8.63. The van der Waals surface area contributed by atoms with Gasteiger partial charge < -0.3 is 14.8 Å². The van der Waals surface area contributed by atoms with Gasteiger partial charge in [-0.05, 0) is 36.8 Å². The highest BCUT2D eigenvalue weighted by Crippen LogP contribution is 2.24. The largest absolute Gasteiger partial charge is 0.497 e. The molecular formula is C19H21NO3. The summed E-state index contributed by atoms with van der Waals surface area (Å²) >= 11 is 0. The Balaban J connectivity index is 2.24. The molecule has 0 amide bonds. The number of para-hydroxylation sites is 1. The number of anilines is 1. The van der Waals surface area contributed by atoms with Crippen LogP contribution in [0.5, 0.6) is 5.75 Å². The van der Waals surface area contributed by atoms with Crippen LogP contribution < -0.4 is 10.1 Å². The number of hydrogen-bond acceptors (Lipinski definition) is 4. The zero-order chi connectivity index (χ0) is 16.5. The molecule has 23 heavy (non-hydrogen) atoms. The van der Waals surface area contributed by atoms with Crippen LogP contribution in [0, 0.1) is 0 Å². The van der Waals surface area contributed by atoms with Crippen molar-refractivity contribution in [3.63, 3.8) is 0 Å². The number of esters is 1. The summed E-state index contributed by atoms with van der Waals surface area (Å²) in [6, 6.07) is 17.4. The van der Waals surface area contributed by atoms with E-state index < -0.39 is 0 Å². The van der Waals surface area contributed by atoms with Gasteiger partial charge in [0.25, 0.3) is 0 Å². The van der Waals surface area contributed by atoms with Crippen LogP contribution in [0.3, 0.4) is 0 Å². The molecule has 0 fully saturated rings. The molecule has 0 saturated heterocycles. The first-order chi connectivity index (χ1) is 11.2. The number of hydrogen-bond donors (Lipinski definition) is 1. The lowest BCUT2D eigenvalue weighted by Crippen LogP contribution is -2.09. The van der Waals surface area contributed by atoms with Gasteiger partial charge in [0, 0.05) is 11.8 Å². The van der Waals surface area contributed by atoms with Crippen molar-refractivity contribution in [2.45, 2.75) is 13.0 Å². The van der Waals surface area contributed by atoms with E-state index in [2.05, 4.69) is 5.32 Å². The third-order valence-electron chi connectivity index (χ3n) is 3.26. The molecule has 1 atom stereocenters. The molecule has 0 radical (unpaired) electrons. The first kappa shape index (κ1) is 16.6. The van der Waals surface area contributed by atoms with Crippen LogP contribution in [-0.2, 0) is 9.53 Å². The Hall–Kier alpha value is -2.75. The van der Waals surface area contributed by atoms with E-state index in [-0.39, 0.29) is 12.0 Å². The molecule has 0 aliphatic rings. The van der Waals surface area contributed by atoms with Gasteiger partial charge >= 0.3 is 5.97 Å². The smallest absolute Gasteiger partial charge is 0.330 e. The van der Waals surface area contributed by atoms with Gasteiger partial charge in [-0.3, -0.25) is 0 Å². The molecular weight excluding hydrogens is 290 g/mol. The highest BCUT2D eigenvalue weighted by Gasteiger charge is 2.10. The third kappa shape index (κ3) is 5.18. The van der Waals surface area contributed by atoms with Gasteiger partial charge in [0.05, 0.1) is 19.8 Å². The van der Waals surface area contributed by atoms with Crippen molar-refractivity contribution in [2.75, 3.05) is 19.0 Å². The molecule has 0 saturated carbocycles. The van der Waals surface area contributed by atoms with Gasteiger partial charge in [0.2, 0.25) is 0 Å². The highest BCUT2D eigenvalue weighted by atomic mass is 16.5. The van der Waals surface area contributed by atoms with E-state index in [1.807, 2.05) is 54.6 Å². The van der Waals surface area contributed by atoms with Crippen molar-refractivity contribution in [1.29, 1.82) is 0 Å². The molecule has 0 aliphatic heterocycles. The van der Waals surface area contributed by atoms with Crippen molar-refractivity contribution in [1.82, 2.24) is 0 Å². The van der Waals surface area contributed by atoms with E-state index in [1.54, 1.807) is 20.1 Å². The Kier molecular flexibility index (Phi) is 6.24. The Morgan fingerprint density at radius 1 is 1.17 bits per heavy atom. The van der Waals surface area contributed by atoms with Crippen LogP contribution in [0.2, 0.25) is 0 Å². The standard InChI is InChI=1S/C19H21NO3/c1-3-23-19(21)13-12-18(20-16-9-5-4-6-10-16)15-8-7-11-17(14-15)22-2/h4-14,18,20H,3H2,1-2H3/b13-12+/t18-/m0/s1. The Labute approximate surface area is 136 Å². The SMILES string of the molecule is CCOC(=O)/C=C/[C@H](Nc1ccccc1)c1cccc(OC)c1. The van der Waals surface area contributed by atoms with Gasteiger partial charge in [-0.25, -0.2) is 4.79 Å². The van der Waals surface area contributed by atoms with Crippen molar-refractivity contribution in [3.8, 4) is 5.75 Å². The summed E-state index contributed by atoms with van der Waals surface area (Å²) in [5, 5.41) is 3.39. The van der Waals surface area contributed by atoms with Crippen molar-refractivity contribution >= 4 is 11.7 Å². The molecule has 120 valence electrons. The van der Waals surface area contributed by atoms with E-state index in [0.717, 1.165) is 17.0 Å². The number of carbonyl (C=O) groups excluding carboxylic acids is 1. The van der Waals surface area contributed by atoms with Crippen LogP contribution in [0.4, 0.5) is 5.69 Å². The van der Waals surface area contributed by atoms with Gasteiger partial charge in [-0.1, -0.05) is 36.4 Å². The van der Waals surface area contributed by atoms with E-state index >= 15 is 0 Å². The molecule has 0 heterocycles. The van der Waals surface area contributed by atoms with Crippen LogP contribution in [-0.4, -0.2) is 19.7 Å². The number of methoxy groups -OCH3 is 1. The highest BCUT2D eigenvalue weighted by molar-refractivity contribution is 5.82. The van der Waals surface area contributed by atoms with Gasteiger partial charge in [0.15, 0.2) is 0 Å². The summed E-state index contributed by atoms with van der Waals surface area (Å²) in [5.74, 6) is 0.419. The monoisotopic (exact) mass is 311 g/mol. The minimum Gasteiger partial charge on any atom is -0.497 e. The van der Waals surface area contributed by atoms with Crippen molar-refractivity contribution in [3.05, 3.63) is 72.3 Å². The maximum absolute atomic E-state index is 11.6. The fourth-order valence-electron chi connectivity index (χ4n) is 2.16. The molecule has 0 aliphatic carbocycles. The Bertz CT molecular complexity index is 653. The lowest BCUT2D eigenvalue weighted by molar-refractivity contribution is -0.137. The second-order valence-corrected chi connectivity index (χ2v) is 4.88. The van der Waals surface area contributed by atoms with Gasteiger partial charge in [0.1, 0.15) is 5.75 Å². The first-order valence-corrected chi connectivity index (χ1v) is 7.53. The average molecular weight is 311 g/mol. The summed E-state index contributed by atoms with van der Waals surface area (Å²) in [6.45, 7) is 2.15. The predicted octanol–water partition coefficient (Wildman–Crippen LogP) is 3.97. The van der Waals surface area contributed by atoms with Crippen molar-refractivity contribution < 1.29 is 14.3 Å². The Morgan fingerprint density at radius 2 is 1.96 bits per heavy atom. The summed E-state index contributed by atoms with van der Waals surface area (Å²) in [5.41, 5.74) is 1.96. The quantitative estimate of drug-likeness (QED) is 0.621. The lowest BCUT2D eigenvalue weighted by atomic mass is 10.1. The van der Waals surface area contributed by atoms with E-state index in [9.17, 15) is 4.79 Å². The molecule has 1 N–H and O–H groups in total. The van der Waals surface area contributed by atoms with Crippen molar-refractivity contribution in [2.24, 2.45) is 0 Å². The summed E-state index contributed by atoms with van der Waals surface area (Å²) in [7, 11) is 1.63. The molecule has 2 aromatic carbocycles. The number of carbonyl (C=O) groups is 1. The van der Waals surface area contributed by atoms with Gasteiger partial charge in [-0.15, -0.1) is 0 Å². The normalized spacial score (nSPS) is 11.9. The number of ether oxygens (including phenoxy) is 2. The summed E-state index contributed by atoms with van der Waals surface area (Å²) in [4.78, 5) is 11.6. The molecule has 0 bridgehead atoms. The molecule has 0 unspecified atom stereocenters. The Morgan fingerprint density at radius 3 is 2.65 bits per heavy atom. The number of rotatable bonds is 7. The van der Waals surface area contributed by atoms with Crippen LogP contribution in [0.1, 0.15) is 18.5 Å². The fraction of sp³-hybridized carbons (Fsp3) is 0.211. The maximum atomic E-state index is 11.6. The maximum Gasteiger partial charge on any atom is 0.330 e. The van der Waals surface area contributed by atoms with E-state index in [4.69, 9.17) is 9.47 Å².